The van der Waals surface area contributed by atoms with Crippen molar-refractivity contribution in [3.05, 3.63) is 35.9 Å². The number of benzene rings is 1. The van der Waals surface area contributed by atoms with Gasteiger partial charge in [0, 0.05) is 6.42 Å². The second-order valence-corrected chi connectivity index (χ2v) is 3.29. The van der Waals surface area contributed by atoms with Gasteiger partial charge in [0.1, 0.15) is 6.04 Å². The Morgan fingerprint density at radius 1 is 1.53 bits per heavy atom. The molecule has 0 spiro atoms. The molecule has 1 aromatic rings. The molecule has 1 rings (SSSR count). The number of hydrogen-bond donors (Lipinski definition) is 1. The third-order valence-electron chi connectivity index (χ3n) is 2.04. The van der Waals surface area contributed by atoms with Gasteiger partial charge in [-0.1, -0.05) is 42.5 Å². The number of esters is 1. The van der Waals surface area contributed by atoms with E-state index in [4.69, 9.17) is 0 Å². The van der Waals surface area contributed by atoms with Gasteiger partial charge in [0.15, 0.2) is 0 Å². The topological polar surface area (TPSA) is 38.3 Å². The fourth-order valence-electron chi connectivity index (χ4n) is 1.28. The number of thiocarbonyl (C=S) groups is 1. The zero-order valence-corrected chi connectivity index (χ0v) is 9.29. The molecular formula is C11H13NO2S. The highest BCUT2D eigenvalue weighted by molar-refractivity contribution is 7.78. The van der Waals surface area contributed by atoms with Crippen LogP contribution in [0.5, 0.6) is 0 Å². The summed E-state index contributed by atoms with van der Waals surface area (Å²) >= 11 is 4.67. The number of carbonyl (C=O) groups is 1. The molecule has 80 valence electrons. The van der Waals surface area contributed by atoms with E-state index in [2.05, 4.69) is 22.3 Å². The number of carbonyl (C=O) groups excluding carboxylic acids is 1. The van der Waals surface area contributed by atoms with Crippen LogP contribution in [0.25, 0.3) is 0 Å². The van der Waals surface area contributed by atoms with E-state index in [9.17, 15) is 4.79 Å². The first-order valence-corrected chi connectivity index (χ1v) is 5.06. The first-order chi connectivity index (χ1) is 7.27. The van der Waals surface area contributed by atoms with Gasteiger partial charge in [-0.25, -0.2) is 4.79 Å². The van der Waals surface area contributed by atoms with Crippen LogP contribution in [0.2, 0.25) is 0 Å². The molecule has 0 aliphatic heterocycles. The van der Waals surface area contributed by atoms with Crippen molar-refractivity contribution < 1.29 is 9.53 Å². The molecule has 0 saturated heterocycles. The lowest BCUT2D eigenvalue weighted by Gasteiger charge is -2.13. The van der Waals surface area contributed by atoms with Crippen LogP contribution in [0.15, 0.2) is 30.3 Å². The van der Waals surface area contributed by atoms with Crippen molar-refractivity contribution in [3.63, 3.8) is 0 Å². The number of methoxy groups -OCH3 is 1. The van der Waals surface area contributed by atoms with Crippen molar-refractivity contribution >= 4 is 23.7 Å². The maximum Gasteiger partial charge on any atom is 0.328 e. The standard InChI is InChI=1S/C11H13NO2S/c1-14-11(13)10(12-8-15)7-9-5-3-2-4-6-9/h2-6,8,10H,7H2,1H3,(H,12,15). The molecule has 0 radical (unpaired) electrons. The van der Waals surface area contributed by atoms with E-state index in [0.29, 0.717) is 6.42 Å². The van der Waals surface area contributed by atoms with Crippen molar-refractivity contribution in [2.45, 2.75) is 12.5 Å². The van der Waals surface area contributed by atoms with Gasteiger partial charge >= 0.3 is 5.97 Å². The fraction of sp³-hybridized carbons (Fsp3) is 0.273. The maximum atomic E-state index is 11.4. The van der Waals surface area contributed by atoms with Crippen LogP contribution in [0, 0.1) is 0 Å². The molecule has 15 heavy (non-hydrogen) atoms. The fourth-order valence-corrected chi connectivity index (χ4v) is 1.45. The van der Waals surface area contributed by atoms with Gasteiger partial charge in [-0.05, 0) is 5.56 Å². The monoisotopic (exact) mass is 223 g/mol. The van der Waals surface area contributed by atoms with Crippen LogP contribution >= 0.6 is 12.2 Å². The van der Waals surface area contributed by atoms with Crippen LogP contribution < -0.4 is 5.32 Å². The molecule has 0 aliphatic rings. The van der Waals surface area contributed by atoms with E-state index in [1.807, 2.05) is 30.3 Å². The Kier molecular flexibility index (Phi) is 4.77. The van der Waals surface area contributed by atoms with Crippen LogP contribution in [0.3, 0.4) is 0 Å². The van der Waals surface area contributed by atoms with E-state index in [1.165, 1.54) is 12.6 Å². The first kappa shape index (κ1) is 11.7. The summed E-state index contributed by atoms with van der Waals surface area (Å²) in [5.41, 5.74) is 2.40. The van der Waals surface area contributed by atoms with Gasteiger partial charge in [-0.15, -0.1) is 0 Å². The highest BCUT2D eigenvalue weighted by Gasteiger charge is 2.17. The molecule has 0 heterocycles. The lowest BCUT2D eigenvalue weighted by atomic mass is 10.1. The zero-order chi connectivity index (χ0) is 11.1. The Balaban J connectivity index is 2.66. The molecule has 1 N–H and O–H groups in total. The maximum absolute atomic E-state index is 11.4. The van der Waals surface area contributed by atoms with E-state index in [0.717, 1.165) is 5.56 Å². The Morgan fingerprint density at radius 2 is 2.20 bits per heavy atom. The SMILES string of the molecule is COC(=O)C(Cc1ccccc1)NC=S. The van der Waals surface area contributed by atoms with Crippen molar-refractivity contribution in [3.8, 4) is 0 Å². The molecule has 1 unspecified atom stereocenters. The summed E-state index contributed by atoms with van der Waals surface area (Å²) in [7, 11) is 1.37. The van der Waals surface area contributed by atoms with E-state index in [1.54, 1.807) is 0 Å². The molecule has 0 fully saturated rings. The zero-order valence-electron chi connectivity index (χ0n) is 8.47. The van der Waals surface area contributed by atoms with Crippen molar-refractivity contribution in [2.75, 3.05) is 7.11 Å². The van der Waals surface area contributed by atoms with Crippen molar-refractivity contribution in [2.24, 2.45) is 0 Å². The van der Waals surface area contributed by atoms with Crippen molar-refractivity contribution in [1.82, 2.24) is 5.32 Å². The molecule has 3 nitrogen and oxygen atoms in total. The van der Waals surface area contributed by atoms with Gasteiger partial charge in [0.05, 0.1) is 12.6 Å². The largest absolute Gasteiger partial charge is 0.467 e. The van der Waals surface area contributed by atoms with Gasteiger partial charge in [0.25, 0.3) is 0 Å². The average Bonchev–Trinajstić information content (AvgIpc) is 2.29. The predicted molar refractivity (Wildman–Crippen MR) is 62.7 cm³/mol. The van der Waals surface area contributed by atoms with Crippen LogP contribution in [-0.4, -0.2) is 24.6 Å². The number of rotatable bonds is 5. The summed E-state index contributed by atoms with van der Waals surface area (Å²) < 4.78 is 4.67. The summed E-state index contributed by atoms with van der Waals surface area (Å²) in [5.74, 6) is -0.306. The highest BCUT2D eigenvalue weighted by atomic mass is 32.1. The first-order valence-electron chi connectivity index (χ1n) is 4.59. The Labute approximate surface area is 94.4 Å². The lowest BCUT2D eigenvalue weighted by molar-refractivity contribution is -0.142. The van der Waals surface area contributed by atoms with E-state index >= 15 is 0 Å². The third-order valence-corrected chi connectivity index (χ3v) is 2.17. The molecule has 4 heteroatoms. The van der Waals surface area contributed by atoms with Crippen LogP contribution in [0.1, 0.15) is 5.56 Å². The Bertz CT molecular complexity index is 327. The third kappa shape index (κ3) is 3.67. The summed E-state index contributed by atoms with van der Waals surface area (Å²) in [5, 5.41) is 2.80. The normalized spacial score (nSPS) is 11.5. The minimum Gasteiger partial charge on any atom is -0.467 e. The van der Waals surface area contributed by atoms with Crippen LogP contribution in [0.4, 0.5) is 0 Å². The van der Waals surface area contributed by atoms with Gasteiger partial charge < -0.3 is 10.1 Å². The molecular weight excluding hydrogens is 210 g/mol. The summed E-state index contributed by atoms with van der Waals surface area (Å²) in [6.07, 6.45) is 0.570. The van der Waals surface area contributed by atoms with Crippen molar-refractivity contribution in [1.29, 1.82) is 0 Å². The Morgan fingerprint density at radius 3 is 2.73 bits per heavy atom. The molecule has 0 amide bonds. The molecule has 0 aromatic heterocycles. The van der Waals surface area contributed by atoms with Gasteiger partial charge in [-0.2, -0.15) is 0 Å². The molecule has 1 atom stereocenters. The van der Waals surface area contributed by atoms with E-state index < -0.39 is 6.04 Å². The molecule has 1 aromatic carbocycles. The van der Waals surface area contributed by atoms with Gasteiger partial charge in [0.2, 0.25) is 0 Å². The number of ether oxygens (including phenoxy) is 1. The van der Waals surface area contributed by atoms with Crippen LogP contribution in [-0.2, 0) is 16.0 Å². The second kappa shape index (κ2) is 6.14. The minimum atomic E-state index is -0.408. The predicted octanol–water partition coefficient (Wildman–Crippen LogP) is 1.32. The average molecular weight is 223 g/mol. The van der Waals surface area contributed by atoms with E-state index in [-0.39, 0.29) is 5.97 Å². The quantitative estimate of drug-likeness (QED) is 0.603. The number of hydrogen-bond acceptors (Lipinski definition) is 3. The van der Waals surface area contributed by atoms with Gasteiger partial charge in [-0.3, -0.25) is 0 Å². The summed E-state index contributed by atoms with van der Waals surface area (Å²) in [6.45, 7) is 0. The number of nitrogens with one attached hydrogen (secondary N) is 1. The second-order valence-electron chi connectivity index (χ2n) is 3.05. The minimum absolute atomic E-state index is 0.306. The molecule has 0 bridgehead atoms. The highest BCUT2D eigenvalue weighted by Crippen LogP contribution is 2.03. The molecule has 0 saturated carbocycles. The Hall–Kier alpha value is -1.42. The lowest BCUT2D eigenvalue weighted by Crippen LogP contribution is -2.38. The summed E-state index contributed by atoms with van der Waals surface area (Å²) in [6, 6.07) is 9.31. The smallest absolute Gasteiger partial charge is 0.328 e. The molecule has 0 aliphatic carbocycles. The summed E-state index contributed by atoms with van der Waals surface area (Å²) in [4.78, 5) is 11.4.